The van der Waals surface area contributed by atoms with Crippen molar-refractivity contribution in [3.63, 3.8) is 0 Å². The summed E-state index contributed by atoms with van der Waals surface area (Å²) in [5.41, 5.74) is 4.32. The smallest absolute Gasteiger partial charge is 0.241 e. The van der Waals surface area contributed by atoms with Crippen molar-refractivity contribution < 1.29 is 9.53 Å². The lowest BCUT2D eigenvalue weighted by atomic mass is 9.74. The van der Waals surface area contributed by atoms with Crippen LogP contribution in [-0.4, -0.2) is 31.7 Å². The van der Waals surface area contributed by atoms with Gasteiger partial charge in [0, 0.05) is 35.9 Å². The number of nitrogens with one attached hydrogen (secondary N) is 2. The van der Waals surface area contributed by atoms with Gasteiger partial charge >= 0.3 is 0 Å². The molecule has 1 saturated heterocycles. The van der Waals surface area contributed by atoms with Gasteiger partial charge in [-0.05, 0) is 62.9 Å². The number of aryl methyl sites for hydroxylation is 2. The molecule has 1 aliphatic rings. The number of anilines is 1. The lowest BCUT2D eigenvalue weighted by Crippen LogP contribution is -2.48. The molecule has 0 saturated carbocycles. The molecular weight excluding hydrogens is 372 g/mol. The molecule has 2 aromatic rings. The van der Waals surface area contributed by atoms with E-state index in [0.717, 1.165) is 48.9 Å². The molecule has 1 amide bonds. The highest BCUT2D eigenvalue weighted by Gasteiger charge is 2.35. The SMILES string of the molecule is Cc1ccc(NC(=O)C(C)NCC2(c3ccc(Cl)cc3)CCOCC2)c(C)c1. The van der Waals surface area contributed by atoms with Crippen LogP contribution in [0.2, 0.25) is 5.02 Å². The fourth-order valence-electron chi connectivity index (χ4n) is 3.77. The fraction of sp³-hybridized carbons (Fsp3) is 0.435. The number of benzene rings is 2. The number of halogens is 1. The maximum Gasteiger partial charge on any atom is 0.241 e. The van der Waals surface area contributed by atoms with E-state index in [0.29, 0.717) is 0 Å². The molecule has 150 valence electrons. The van der Waals surface area contributed by atoms with Crippen molar-refractivity contribution in [1.82, 2.24) is 5.32 Å². The summed E-state index contributed by atoms with van der Waals surface area (Å²) < 4.78 is 5.59. The Kier molecular flexibility index (Phi) is 6.76. The molecule has 5 heteroatoms. The second kappa shape index (κ2) is 9.08. The summed E-state index contributed by atoms with van der Waals surface area (Å²) in [5.74, 6) is -0.0229. The number of carbonyl (C=O) groups excluding carboxylic acids is 1. The highest BCUT2D eigenvalue weighted by Crippen LogP contribution is 2.35. The minimum atomic E-state index is -0.298. The fourth-order valence-corrected chi connectivity index (χ4v) is 3.90. The average molecular weight is 401 g/mol. The van der Waals surface area contributed by atoms with Crippen molar-refractivity contribution in [3.8, 4) is 0 Å². The molecule has 0 aliphatic carbocycles. The van der Waals surface area contributed by atoms with Crippen LogP contribution >= 0.6 is 11.6 Å². The van der Waals surface area contributed by atoms with E-state index in [9.17, 15) is 4.79 Å². The van der Waals surface area contributed by atoms with Crippen LogP contribution in [0.25, 0.3) is 0 Å². The normalized spacial score (nSPS) is 17.1. The first-order valence-electron chi connectivity index (χ1n) is 9.85. The Morgan fingerprint density at radius 3 is 2.46 bits per heavy atom. The summed E-state index contributed by atoms with van der Waals surface area (Å²) >= 11 is 6.07. The molecule has 1 unspecified atom stereocenters. The van der Waals surface area contributed by atoms with Gasteiger partial charge in [-0.1, -0.05) is 41.4 Å². The van der Waals surface area contributed by atoms with E-state index < -0.39 is 0 Å². The zero-order chi connectivity index (χ0) is 20.1. The molecule has 0 aromatic heterocycles. The van der Waals surface area contributed by atoms with Crippen molar-refractivity contribution >= 4 is 23.2 Å². The van der Waals surface area contributed by atoms with E-state index in [1.54, 1.807) is 0 Å². The average Bonchev–Trinajstić information content (AvgIpc) is 2.69. The summed E-state index contributed by atoms with van der Waals surface area (Å²) in [6.07, 6.45) is 1.85. The van der Waals surface area contributed by atoms with E-state index in [1.165, 1.54) is 11.1 Å². The Bertz CT molecular complexity index is 814. The predicted octanol–water partition coefficient (Wildman–Crippen LogP) is 4.62. The molecule has 1 atom stereocenters. The maximum absolute atomic E-state index is 12.7. The molecular formula is C23H29ClN2O2. The van der Waals surface area contributed by atoms with Crippen molar-refractivity contribution in [1.29, 1.82) is 0 Å². The van der Waals surface area contributed by atoms with Crippen LogP contribution in [0.1, 0.15) is 36.5 Å². The van der Waals surface area contributed by atoms with E-state index >= 15 is 0 Å². The van der Waals surface area contributed by atoms with Gasteiger partial charge in [0.2, 0.25) is 5.91 Å². The van der Waals surface area contributed by atoms with E-state index in [1.807, 2.05) is 45.0 Å². The molecule has 0 radical (unpaired) electrons. The first-order chi connectivity index (χ1) is 13.4. The van der Waals surface area contributed by atoms with Crippen LogP contribution in [0.5, 0.6) is 0 Å². The van der Waals surface area contributed by atoms with E-state index in [4.69, 9.17) is 16.3 Å². The summed E-state index contributed by atoms with van der Waals surface area (Å²) in [7, 11) is 0. The van der Waals surface area contributed by atoms with Crippen LogP contribution in [0.15, 0.2) is 42.5 Å². The quantitative estimate of drug-likeness (QED) is 0.743. The topological polar surface area (TPSA) is 50.4 Å². The van der Waals surface area contributed by atoms with Crippen LogP contribution in [0.4, 0.5) is 5.69 Å². The molecule has 3 rings (SSSR count). The van der Waals surface area contributed by atoms with Gasteiger partial charge in [-0.15, -0.1) is 0 Å². The van der Waals surface area contributed by atoms with Gasteiger partial charge < -0.3 is 15.4 Å². The molecule has 2 aromatic carbocycles. The molecule has 1 aliphatic heterocycles. The minimum Gasteiger partial charge on any atom is -0.381 e. The summed E-state index contributed by atoms with van der Waals surface area (Å²) in [4.78, 5) is 12.7. The largest absolute Gasteiger partial charge is 0.381 e. The van der Waals surface area contributed by atoms with Crippen LogP contribution < -0.4 is 10.6 Å². The first kappa shape index (κ1) is 20.8. The third-order valence-corrected chi connectivity index (χ3v) is 5.94. The molecule has 4 nitrogen and oxygen atoms in total. The molecule has 0 spiro atoms. The lowest BCUT2D eigenvalue weighted by molar-refractivity contribution is -0.117. The van der Waals surface area contributed by atoms with Gasteiger partial charge in [-0.3, -0.25) is 4.79 Å². The van der Waals surface area contributed by atoms with Crippen molar-refractivity contribution in [3.05, 3.63) is 64.2 Å². The lowest BCUT2D eigenvalue weighted by Gasteiger charge is -2.38. The molecule has 1 heterocycles. The van der Waals surface area contributed by atoms with Crippen molar-refractivity contribution in [2.45, 2.75) is 45.1 Å². The Hall–Kier alpha value is -1.88. The number of hydrogen-bond acceptors (Lipinski definition) is 3. The zero-order valence-corrected chi connectivity index (χ0v) is 17.6. The Balaban J connectivity index is 1.67. The number of ether oxygens (including phenoxy) is 1. The molecule has 1 fully saturated rings. The molecule has 0 bridgehead atoms. The van der Waals surface area contributed by atoms with Gasteiger partial charge in [-0.2, -0.15) is 0 Å². The monoisotopic (exact) mass is 400 g/mol. The second-order valence-electron chi connectivity index (χ2n) is 7.81. The predicted molar refractivity (Wildman–Crippen MR) is 115 cm³/mol. The standard InChI is InChI=1S/C23H29ClN2O2/c1-16-4-9-21(17(2)14-16)26-22(27)18(3)25-15-23(10-12-28-13-11-23)19-5-7-20(24)8-6-19/h4-9,14,18,25H,10-13,15H2,1-3H3,(H,26,27). The third-order valence-electron chi connectivity index (χ3n) is 5.69. The highest BCUT2D eigenvalue weighted by molar-refractivity contribution is 6.30. The van der Waals surface area contributed by atoms with E-state index in [2.05, 4.69) is 28.8 Å². The number of carbonyl (C=O) groups is 1. The van der Waals surface area contributed by atoms with Crippen LogP contribution in [0.3, 0.4) is 0 Å². The summed E-state index contributed by atoms with van der Waals surface area (Å²) in [5, 5.41) is 7.23. The van der Waals surface area contributed by atoms with Crippen LogP contribution in [0, 0.1) is 13.8 Å². The summed E-state index contributed by atoms with van der Waals surface area (Å²) in [6, 6.07) is 13.8. The number of amides is 1. The van der Waals surface area contributed by atoms with Gasteiger partial charge in [0.1, 0.15) is 0 Å². The third kappa shape index (κ3) is 4.93. The Morgan fingerprint density at radius 2 is 1.82 bits per heavy atom. The van der Waals surface area contributed by atoms with Crippen molar-refractivity contribution in [2.24, 2.45) is 0 Å². The first-order valence-corrected chi connectivity index (χ1v) is 10.2. The Labute approximate surface area is 172 Å². The minimum absolute atomic E-state index is 0.0229. The van der Waals surface area contributed by atoms with Crippen LogP contribution in [-0.2, 0) is 14.9 Å². The van der Waals surface area contributed by atoms with Gasteiger partial charge in [0.05, 0.1) is 6.04 Å². The second-order valence-corrected chi connectivity index (χ2v) is 8.25. The highest BCUT2D eigenvalue weighted by atomic mass is 35.5. The van der Waals surface area contributed by atoms with E-state index in [-0.39, 0.29) is 17.4 Å². The van der Waals surface area contributed by atoms with Crippen molar-refractivity contribution in [2.75, 3.05) is 25.1 Å². The van der Waals surface area contributed by atoms with Gasteiger partial charge in [0.15, 0.2) is 0 Å². The maximum atomic E-state index is 12.7. The van der Waals surface area contributed by atoms with Gasteiger partial charge in [-0.25, -0.2) is 0 Å². The Morgan fingerprint density at radius 1 is 1.14 bits per heavy atom. The molecule has 2 N–H and O–H groups in total. The van der Waals surface area contributed by atoms with Gasteiger partial charge in [0.25, 0.3) is 0 Å². The summed E-state index contributed by atoms with van der Waals surface area (Å²) in [6.45, 7) is 8.15. The molecule has 28 heavy (non-hydrogen) atoms. The number of hydrogen-bond donors (Lipinski definition) is 2. The number of rotatable bonds is 6. The zero-order valence-electron chi connectivity index (χ0n) is 16.8.